The van der Waals surface area contributed by atoms with E-state index in [0.717, 1.165) is 6.42 Å². The number of carboxylic acid groups (broad SMARTS) is 1. The smallest absolute Gasteiger partial charge is 0.307 e. The van der Waals surface area contributed by atoms with Crippen molar-refractivity contribution in [2.75, 3.05) is 32.0 Å². The number of aryl methyl sites for hydroxylation is 1. The quantitative estimate of drug-likeness (QED) is 0.651. The maximum atomic E-state index is 12.2. The van der Waals surface area contributed by atoms with Gasteiger partial charge in [-0.15, -0.1) is 12.4 Å². The van der Waals surface area contributed by atoms with Gasteiger partial charge in [0.05, 0.1) is 17.4 Å². The van der Waals surface area contributed by atoms with Crippen molar-refractivity contribution < 1.29 is 23.1 Å². The Hall–Kier alpha value is -1.68. The molecule has 1 aromatic carbocycles. The van der Waals surface area contributed by atoms with Crippen LogP contribution in [0, 0.1) is 12.8 Å². The molecule has 1 heterocycles. The van der Waals surface area contributed by atoms with Crippen molar-refractivity contribution in [3.8, 4) is 0 Å². The number of aliphatic carboxylic acids is 1. The fourth-order valence-electron chi connectivity index (χ4n) is 2.88. The summed E-state index contributed by atoms with van der Waals surface area (Å²) in [6.45, 7) is 2.77. The summed E-state index contributed by atoms with van der Waals surface area (Å²) in [5.74, 6) is -1.60. The maximum absolute atomic E-state index is 12.2. The summed E-state index contributed by atoms with van der Waals surface area (Å²) < 4.78 is 26.2. The third-order valence-electron chi connectivity index (χ3n) is 4.25. The van der Waals surface area contributed by atoms with E-state index in [4.69, 9.17) is 5.11 Å². The van der Waals surface area contributed by atoms with Crippen LogP contribution in [0.1, 0.15) is 18.4 Å². The SMILES string of the molecule is CNS(=O)(=O)c1cc(NC(=O)CN2CCCC(C(=O)O)C2)ccc1C.Cl. The minimum Gasteiger partial charge on any atom is -0.481 e. The molecule has 2 rings (SSSR count). The van der Waals surface area contributed by atoms with Gasteiger partial charge in [0.25, 0.3) is 0 Å². The number of carboxylic acids is 1. The van der Waals surface area contributed by atoms with Crippen LogP contribution in [0.4, 0.5) is 5.69 Å². The average Bonchev–Trinajstić information content (AvgIpc) is 2.56. The Morgan fingerprint density at radius 3 is 2.65 bits per heavy atom. The van der Waals surface area contributed by atoms with Gasteiger partial charge in [-0.2, -0.15) is 0 Å². The molecule has 0 spiro atoms. The zero-order chi connectivity index (χ0) is 18.6. The first-order valence-electron chi connectivity index (χ1n) is 8.02. The van der Waals surface area contributed by atoms with Gasteiger partial charge in [0.2, 0.25) is 15.9 Å². The van der Waals surface area contributed by atoms with E-state index >= 15 is 0 Å². The van der Waals surface area contributed by atoms with E-state index in [1.165, 1.54) is 13.1 Å². The summed E-state index contributed by atoms with van der Waals surface area (Å²) in [6, 6.07) is 4.68. The Kier molecular flexibility index (Phi) is 8.01. The third-order valence-corrected chi connectivity index (χ3v) is 5.81. The first kappa shape index (κ1) is 22.4. The molecule has 1 aliphatic heterocycles. The first-order chi connectivity index (χ1) is 11.7. The Balaban J connectivity index is 0.00000338. The molecule has 1 unspecified atom stereocenters. The number of likely N-dealkylation sites (tertiary alicyclic amines) is 1. The van der Waals surface area contributed by atoms with Gasteiger partial charge in [-0.3, -0.25) is 14.5 Å². The molecular weight excluding hydrogens is 382 g/mol. The largest absolute Gasteiger partial charge is 0.481 e. The van der Waals surface area contributed by atoms with Crippen LogP contribution in [0.15, 0.2) is 23.1 Å². The van der Waals surface area contributed by atoms with Gasteiger partial charge in [-0.25, -0.2) is 13.1 Å². The van der Waals surface area contributed by atoms with Crippen LogP contribution >= 0.6 is 12.4 Å². The molecule has 8 nitrogen and oxygen atoms in total. The summed E-state index contributed by atoms with van der Waals surface area (Å²) in [6.07, 6.45) is 1.36. The predicted molar refractivity (Wildman–Crippen MR) is 100 cm³/mol. The van der Waals surface area contributed by atoms with Crippen LogP contribution in [-0.4, -0.2) is 57.0 Å². The maximum Gasteiger partial charge on any atom is 0.307 e. The highest BCUT2D eigenvalue weighted by molar-refractivity contribution is 7.89. The van der Waals surface area contributed by atoms with Crippen LogP contribution in [0.5, 0.6) is 0 Å². The monoisotopic (exact) mass is 405 g/mol. The second-order valence-corrected chi connectivity index (χ2v) is 8.00. The summed E-state index contributed by atoms with van der Waals surface area (Å²) in [4.78, 5) is 25.2. The average molecular weight is 406 g/mol. The lowest BCUT2D eigenvalue weighted by Gasteiger charge is -2.29. The summed E-state index contributed by atoms with van der Waals surface area (Å²) in [5.41, 5.74) is 0.962. The van der Waals surface area contributed by atoms with Crippen molar-refractivity contribution in [1.82, 2.24) is 9.62 Å². The third kappa shape index (κ3) is 5.66. The topological polar surface area (TPSA) is 116 Å². The molecule has 0 bridgehead atoms. The number of piperidine rings is 1. The zero-order valence-corrected chi connectivity index (χ0v) is 16.3. The Morgan fingerprint density at radius 2 is 2.04 bits per heavy atom. The Bertz CT molecular complexity index is 769. The number of benzene rings is 1. The highest BCUT2D eigenvalue weighted by Crippen LogP contribution is 2.20. The molecule has 0 saturated carbocycles. The lowest BCUT2D eigenvalue weighted by Crippen LogP contribution is -2.42. The Morgan fingerprint density at radius 1 is 1.35 bits per heavy atom. The van der Waals surface area contributed by atoms with Gasteiger partial charge in [-0.05, 0) is 51.1 Å². The number of carbonyl (C=O) groups excluding carboxylic acids is 1. The first-order valence-corrected chi connectivity index (χ1v) is 9.50. The van der Waals surface area contributed by atoms with Gasteiger partial charge >= 0.3 is 5.97 Å². The number of halogens is 1. The molecule has 3 N–H and O–H groups in total. The number of sulfonamides is 1. The molecule has 1 saturated heterocycles. The molecule has 1 amide bonds. The number of amides is 1. The molecule has 0 aromatic heterocycles. The van der Waals surface area contributed by atoms with Crippen molar-refractivity contribution in [3.63, 3.8) is 0 Å². The highest BCUT2D eigenvalue weighted by atomic mass is 35.5. The molecule has 26 heavy (non-hydrogen) atoms. The predicted octanol–water partition coefficient (Wildman–Crippen LogP) is 1.06. The van der Waals surface area contributed by atoms with Crippen molar-refractivity contribution in [1.29, 1.82) is 0 Å². The van der Waals surface area contributed by atoms with E-state index in [2.05, 4.69) is 10.0 Å². The molecule has 1 aliphatic rings. The second-order valence-electron chi connectivity index (χ2n) is 6.15. The van der Waals surface area contributed by atoms with Crippen LogP contribution in [-0.2, 0) is 19.6 Å². The number of nitrogens with zero attached hydrogens (tertiary/aromatic N) is 1. The van der Waals surface area contributed by atoms with Crippen LogP contribution in [0.2, 0.25) is 0 Å². The summed E-state index contributed by atoms with van der Waals surface area (Å²) >= 11 is 0. The molecule has 0 radical (unpaired) electrons. The number of nitrogens with one attached hydrogen (secondary N) is 2. The van der Waals surface area contributed by atoms with Gasteiger partial charge in [-0.1, -0.05) is 6.07 Å². The minimum atomic E-state index is -3.61. The van der Waals surface area contributed by atoms with E-state index in [1.54, 1.807) is 24.0 Å². The number of carbonyl (C=O) groups is 2. The van der Waals surface area contributed by atoms with Crippen molar-refractivity contribution in [2.24, 2.45) is 5.92 Å². The second kappa shape index (κ2) is 9.31. The standard InChI is InChI=1S/C16H23N3O5S.ClH/c1-11-5-6-13(8-14(11)25(23,24)17-2)18-15(20)10-19-7-3-4-12(9-19)16(21)22;/h5-6,8,12,17H,3-4,7,9-10H2,1-2H3,(H,18,20)(H,21,22);1H. The summed E-state index contributed by atoms with van der Waals surface area (Å²) in [5, 5.41) is 11.8. The Labute approximate surface area is 159 Å². The molecule has 10 heteroatoms. The minimum absolute atomic E-state index is 0. The summed E-state index contributed by atoms with van der Waals surface area (Å²) in [7, 11) is -2.28. The molecule has 1 fully saturated rings. The molecular formula is C16H24ClN3O5S. The van der Waals surface area contributed by atoms with Gasteiger partial charge in [0.1, 0.15) is 0 Å². The number of rotatable bonds is 6. The highest BCUT2D eigenvalue weighted by Gasteiger charge is 2.26. The lowest BCUT2D eigenvalue weighted by molar-refractivity contribution is -0.144. The van der Waals surface area contributed by atoms with Gasteiger partial charge in [0, 0.05) is 12.2 Å². The van der Waals surface area contributed by atoms with E-state index in [-0.39, 0.29) is 29.8 Å². The fourth-order valence-corrected chi connectivity index (χ4v) is 3.88. The lowest BCUT2D eigenvalue weighted by atomic mass is 9.98. The molecule has 1 atom stereocenters. The van der Waals surface area contributed by atoms with E-state index in [0.29, 0.717) is 30.8 Å². The molecule has 0 aliphatic carbocycles. The number of hydrogen-bond donors (Lipinski definition) is 3. The van der Waals surface area contributed by atoms with Gasteiger partial charge in [0.15, 0.2) is 0 Å². The van der Waals surface area contributed by atoms with Crippen LogP contribution in [0.25, 0.3) is 0 Å². The number of anilines is 1. The number of hydrogen-bond acceptors (Lipinski definition) is 5. The van der Waals surface area contributed by atoms with Crippen LogP contribution in [0.3, 0.4) is 0 Å². The molecule has 1 aromatic rings. The van der Waals surface area contributed by atoms with E-state index in [9.17, 15) is 18.0 Å². The van der Waals surface area contributed by atoms with E-state index < -0.39 is 21.9 Å². The fraction of sp³-hybridized carbons (Fsp3) is 0.500. The van der Waals surface area contributed by atoms with Crippen LogP contribution < -0.4 is 10.0 Å². The van der Waals surface area contributed by atoms with Gasteiger partial charge < -0.3 is 10.4 Å². The van der Waals surface area contributed by atoms with Crippen molar-refractivity contribution in [3.05, 3.63) is 23.8 Å². The zero-order valence-electron chi connectivity index (χ0n) is 14.7. The van der Waals surface area contributed by atoms with E-state index in [1.807, 2.05) is 0 Å². The van der Waals surface area contributed by atoms with Crippen molar-refractivity contribution in [2.45, 2.75) is 24.7 Å². The normalized spacial score (nSPS) is 18.0. The molecule has 146 valence electrons. The van der Waals surface area contributed by atoms with Crippen molar-refractivity contribution >= 4 is 40.0 Å².